The van der Waals surface area contributed by atoms with Crippen LogP contribution in [0.15, 0.2) is 68.9 Å². The van der Waals surface area contributed by atoms with Crippen LogP contribution in [0.2, 0.25) is 10.0 Å². The van der Waals surface area contributed by atoms with Crippen LogP contribution in [0.25, 0.3) is 17.4 Å². The van der Waals surface area contributed by atoms with Crippen molar-refractivity contribution in [3.05, 3.63) is 80.9 Å². The van der Waals surface area contributed by atoms with Gasteiger partial charge in [-0.3, -0.25) is 4.79 Å². The molecule has 4 nitrogen and oxygen atoms in total. The third kappa shape index (κ3) is 4.98. The van der Waals surface area contributed by atoms with Crippen molar-refractivity contribution in [2.75, 3.05) is 0 Å². The molecule has 0 atom stereocenters. The van der Waals surface area contributed by atoms with Gasteiger partial charge in [-0.05, 0) is 60.3 Å². The summed E-state index contributed by atoms with van der Waals surface area (Å²) in [5.74, 6) is 0.430. The van der Waals surface area contributed by atoms with Gasteiger partial charge in [0.2, 0.25) is 0 Å². The van der Waals surface area contributed by atoms with Crippen LogP contribution in [0.5, 0.6) is 0 Å². The quantitative estimate of drug-likeness (QED) is 0.402. The minimum Gasteiger partial charge on any atom is -0.457 e. The normalized spacial score (nSPS) is 16.9. The molecule has 4 rings (SSSR count). The molecule has 3 aromatic rings. The van der Waals surface area contributed by atoms with E-state index in [9.17, 15) is 18.0 Å². The Hall–Kier alpha value is -2.68. The van der Waals surface area contributed by atoms with E-state index >= 15 is 0 Å². The van der Waals surface area contributed by atoms with Crippen molar-refractivity contribution in [3.8, 4) is 11.3 Å². The molecule has 10 heteroatoms. The van der Waals surface area contributed by atoms with Gasteiger partial charge in [-0.25, -0.2) is 4.99 Å². The Bertz CT molecular complexity index is 1240. The number of benzene rings is 2. The van der Waals surface area contributed by atoms with Crippen molar-refractivity contribution in [2.45, 2.75) is 6.18 Å². The van der Waals surface area contributed by atoms with Crippen molar-refractivity contribution < 1.29 is 22.4 Å². The van der Waals surface area contributed by atoms with E-state index in [1.54, 1.807) is 30.3 Å². The molecule has 0 unspecified atom stereocenters. The average molecular weight is 483 g/mol. The minimum atomic E-state index is -4.48. The smallest absolute Gasteiger partial charge is 0.416 e. The number of amides is 1. The van der Waals surface area contributed by atoms with Gasteiger partial charge in [0.05, 0.1) is 21.2 Å². The molecule has 0 radical (unpaired) electrons. The highest BCUT2D eigenvalue weighted by molar-refractivity contribution is 8.18. The summed E-state index contributed by atoms with van der Waals surface area (Å²) < 4.78 is 44.3. The zero-order valence-corrected chi connectivity index (χ0v) is 17.7. The fourth-order valence-corrected chi connectivity index (χ4v) is 3.94. The van der Waals surface area contributed by atoms with Crippen LogP contribution >= 0.6 is 35.0 Å². The Labute approximate surface area is 188 Å². The fraction of sp³-hybridized carbons (Fsp3) is 0.0476. The molecule has 1 aliphatic rings. The molecule has 0 aliphatic carbocycles. The minimum absolute atomic E-state index is 0.0785. The number of nitrogens with one attached hydrogen (secondary N) is 1. The van der Waals surface area contributed by atoms with Crippen molar-refractivity contribution >= 4 is 57.8 Å². The molecule has 1 N–H and O–H groups in total. The van der Waals surface area contributed by atoms with Gasteiger partial charge in [0.15, 0.2) is 5.17 Å². The number of hydrogen-bond acceptors (Lipinski definition) is 4. The third-order valence-electron chi connectivity index (χ3n) is 4.15. The highest BCUT2D eigenvalue weighted by Crippen LogP contribution is 2.35. The first-order chi connectivity index (χ1) is 14.7. The SMILES string of the molecule is O=C1NC(=Nc2cccc(C(F)(F)F)c2)S/C1=C/c1ccc(-c2cc(Cl)ccc2Cl)o1. The molecule has 1 amide bonds. The lowest BCUT2D eigenvalue weighted by molar-refractivity contribution is -0.137. The maximum Gasteiger partial charge on any atom is 0.416 e. The zero-order chi connectivity index (χ0) is 22.2. The summed E-state index contributed by atoms with van der Waals surface area (Å²) in [6.45, 7) is 0. The number of thioether (sulfide) groups is 1. The predicted molar refractivity (Wildman–Crippen MR) is 116 cm³/mol. The highest BCUT2D eigenvalue weighted by atomic mass is 35.5. The predicted octanol–water partition coefficient (Wildman–Crippen LogP) is 7.16. The number of carbonyl (C=O) groups is 1. The summed E-state index contributed by atoms with van der Waals surface area (Å²) in [5, 5.41) is 3.65. The highest BCUT2D eigenvalue weighted by Gasteiger charge is 2.30. The van der Waals surface area contributed by atoms with Crippen LogP contribution < -0.4 is 5.32 Å². The van der Waals surface area contributed by atoms with Gasteiger partial charge in [0.1, 0.15) is 11.5 Å². The molecule has 0 saturated carbocycles. The van der Waals surface area contributed by atoms with Gasteiger partial charge >= 0.3 is 6.18 Å². The fourth-order valence-electron chi connectivity index (χ4n) is 2.74. The Morgan fingerprint density at radius 1 is 1.06 bits per heavy atom. The van der Waals surface area contributed by atoms with E-state index < -0.39 is 17.6 Å². The number of furan rings is 1. The number of rotatable bonds is 3. The Kier molecular flexibility index (Phi) is 5.88. The summed E-state index contributed by atoms with van der Waals surface area (Å²) in [6.07, 6.45) is -2.97. The Morgan fingerprint density at radius 3 is 2.65 bits per heavy atom. The van der Waals surface area contributed by atoms with Gasteiger partial charge < -0.3 is 9.73 Å². The lowest BCUT2D eigenvalue weighted by Gasteiger charge is -2.06. The first kappa shape index (κ1) is 21.5. The molecular weight excluding hydrogens is 472 g/mol. The van der Waals surface area contributed by atoms with Crippen LogP contribution in [-0.2, 0) is 11.0 Å². The molecule has 2 heterocycles. The largest absolute Gasteiger partial charge is 0.457 e. The van der Waals surface area contributed by atoms with Crippen LogP contribution in [0.4, 0.5) is 18.9 Å². The third-order valence-corrected chi connectivity index (χ3v) is 5.62. The summed E-state index contributed by atoms with van der Waals surface area (Å²) in [7, 11) is 0. The van der Waals surface area contributed by atoms with E-state index in [2.05, 4.69) is 10.3 Å². The first-order valence-electron chi connectivity index (χ1n) is 8.71. The second kappa shape index (κ2) is 8.45. The molecule has 1 fully saturated rings. The maximum atomic E-state index is 12.9. The van der Waals surface area contributed by atoms with Crippen molar-refractivity contribution in [2.24, 2.45) is 4.99 Å². The molecule has 0 spiro atoms. The summed E-state index contributed by atoms with van der Waals surface area (Å²) in [4.78, 5) is 16.6. The second-order valence-corrected chi connectivity index (χ2v) is 8.23. The standard InChI is InChI=1S/C21H11Cl2F3N2O2S/c22-12-4-6-16(23)15(9-12)17-7-5-14(30-17)10-18-19(29)28-20(31-18)27-13-3-1-2-11(8-13)21(24,25)26/h1-10H,(H,27,28,29)/b18-10+. The van der Waals surface area contributed by atoms with Crippen LogP contribution in [-0.4, -0.2) is 11.1 Å². The number of amidine groups is 1. The number of nitrogens with zero attached hydrogens (tertiary/aromatic N) is 1. The Morgan fingerprint density at radius 2 is 1.87 bits per heavy atom. The van der Waals surface area contributed by atoms with E-state index in [0.717, 1.165) is 23.9 Å². The van der Waals surface area contributed by atoms with E-state index in [-0.39, 0.29) is 15.8 Å². The first-order valence-corrected chi connectivity index (χ1v) is 10.3. The maximum absolute atomic E-state index is 12.9. The van der Waals surface area contributed by atoms with E-state index in [0.29, 0.717) is 27.1 Å². The van der Waals surface area contributed by atoms with E-state index in [1.807, 2.05) is 0 Å². The Balaban J connectivity index is 1.56. The second-order valence-electron chi connectivity index (χ2n) is 6.36. The van der Waals surface area contributed by atoms with Crippen molar-refractivity contribution in [3.63, 3.8) is 0 Å². The summed E-state index contributed by atoms with van der Waals surface area (Å²) in [6, 6.07) is 12.9. The molecule has 158 valence electrons. The van der Waals surface area contributed by atoms with Gasteiger partial charge in [-0.15, -0.1) is 0 Å². The number of carbonyl (C=O) groups excluding carboxylic acids is 1. The topological polar surface area (TPSA) is 54.6 Å². The monoisotopic (exact) mass is 482 g/mol. The average Bonchev–Trinajstić information content (AvgIpc) is 3.30. The summed E-state index contributed by atoms with van der Waals surface area (Å²) >= 11 is 13.2. The van der Waals surface area contributed by atoms with Crippen LogP contribution in [0.3, 0.4) is 0 Å². The van der Waals surface area contributed by atoms with Gasteiger partial charge in [-0.1, -0.05) is 29.3 Å². The lowest BCUT2D eigenvalue weighted by Crippen LogP contribution is -2.19. The van der Waals surface area contributed by atoms with Gasteiger partial charge in [0.25, 0.3) is 5.91 Å². The molecule has 1 saturated heterocycles. The van der Waals surface area contributed by atoms with Crippen molar-refractivity contribution in [1.29, 1.82) is 0 Å². The molecule has 0 bridgehead atoms. The number of aliphatic imine (C=N–C) groups is 1. The number of hydrogen-bond donors (Lipinski definition) is 1. The van der Waals surface area contributed by atoms with Crippen molar-refractivity contribution in [1.82, 2.24) is 5.32 Å². The van der Waals surface area contributed by atoms with Crippen LogP contribution in [0, 0.1) is 0 Å². The zero-order valence-electron chi connectivity index (χ0n) is 15.3. The molecule has 2 aromatic carbocycles. The number of alkyl halides is 3. The van der Waals surface area contributed by atoms with E-state index in [4.69, 9.17) is 27.6 Å². The summed E-state index contributed by atoms with van der Waals surface area (Å²) in [5.41, 5.74) is -0.133. The molecule has 1 aromatic heterocycles. The number of halogens is 5. The van der Waals surface area contributed by atoms with E-state index in [1.165, 1.54) is 18.2 Å². The molecule has 31 heavy (non-hydrogen) atoms. The van der Waals surface area contributed by atoms with Crippen LogP contribution in [0.1, 0.15) is 11.3 Å². The molecular formula is C21H11Cl2F3N2O2S. The lowest BCUT2D eigenvalue weighted by atomic mass is 10.2. The molecule has 1 aliphatic heterocycles. The van der Waals surface area contributed by atoms with Gasteiger partial charge in [-0.2, -0.15) is 13.2 Å². The van der Waals surface area contributed by atoms with Gasteiger partial charge in [0, 0.05) is 16.7 Å².